The molecule has 0 aromatic heterocycles. The zero-order valence-corrected chi connectivity index (χ0v) is 20.3. The fourth-order valence-electron chi connectivity index (χ4n) is 4.71. The van der Waals surface area contributed by atoms with E-state index < -0.39 is 24.4 Å². The number of carbonyl (C=O) groups excluding carboxylic acids is 2. The lowest BCUT2D eigenvalue weighted by Gasteiger charge is -2.31. The van der Waals surface area contributed by atoms with E-state index in [2.05, 4.69) is 47.9 Å². The second-order valence-corrected chi connectivity index (χ2v) is 8.55. The quantitative estimate of drug-likeness (QED) is 0.413. The molecule has 37 heavy (non-hydrogen) atoms. The van der Waals surface area contributed by atoms with Crippen molar-refractivity contribution in [2.75, 3.05) is 13.2 Å². The topological polar surface area (TPSA) is 65.1 Å². The van der Waals surface area contributed by atoms with Gasteiger partial charge in [0.05, 0.1) is 6.61 Å². The third-order valence-corrected chi connectivity index (χ3v) is 6.30. The summed E-state index contributed by atoms with van der Waals surface area (Å²) in [5.74, 6) is 11.6. The van der Waals surface area contributed by atoms with Crippen LogP contribution in [0.2, 0.25) is 0 Å². The predicted molar refractivity (Wildman–Crippen MR) is 139 cm³/mol. The van der Waals surface area contributed by atoms with Gasteiger partial charge in [0.1, 0.15) is 12.6 Å². The first kappa shape index (κ1) is 24.0. The number of nitrogens with zero attached hydrogens (tertiary/aromatic N) is 1. The Hall–Kier alpha value is -4.68. The molecular formula is C31H25NO5. The Morgan fingerprint density at radius 2 is 1.62 bits per heavy atom. The minimum Gasteiger partial charge on any atom is -0.449 e. The zero-order valence-electron chi connectivity index (χ0n) is 20.3. The van der Waals surface area contributed by atoms with Crippen molar-refractivity contribution in [1.82, 2.24) is 4.90 Å². The maximum absolute atomic E-state index is 12.8. The molecule has 6 heteroatoms. The van der Waals surface area contributed by atoms with Crippen molar-refractivity contribution in [3.63, 3.8) is 0 Å². The van der Waals surface area contributed by atoms with Gasteiger partial charge >= 0.3 is 12.2 Å². The van der Waals surface area contributed by atoms with E-state index in [4.69, 9.17) is 14.2 Å². The second kappa shape index (κ2) is 10.9. The maximum Gasteiger partial charge on any atom is 0.509 e. The van der Waals surface area contributed by atoms with Crippen LogP contribution in [0.1, 0.15) is 30.4 Å². The molecule has 0 N–H and O–H groups in total. The summed E-state index contributed by atoms with van der Waals surface area (Å²) in [5.41, 5.74) is 5.01. The molecule has 0 spiro atoms. The molecule has 3 aliphatic rings. The summed E-state index contributed by atoms with van der Waals surface area (Å²) in [6, 6.07) is 15.8. The SMILES string of the molecule is CCOC(=O)N1/C2=C\[C@H](OC(=O)OCC3c4ccccc4-c4ccccc43)C#C/C=C\C#C[C@@H]1CC=C2. The smallest absolute Gasteiger partial charge is 0.449 e. The van der Waals surface area contributed by atoms with Crippen LogP contribution < -0.4 is 0 Å². The highest BCUT2D eigenvalue weighted by atomic mass is 16.7. The van der Waals surface area contributed by atoms with Crippen molar-refractivity contribution < 1.29 is 23.8 Å². The molecule has 6 nitrogen and oxygen atoms in total. The van der Waals surface area contributed by atoms with Gasteiger partial charge in [0.2, 0.25) is 0 Å². The number of benzene rings is 2. The maximum atomic E-state index is 12.8. The number of carbonyl (C=O) groups is 2. The van der Waals surface area contributed by atoms with E-state index in [1.165, 1.54) is 4.90 Å². The average molecular weight is 492 g/mol. The molecule has 0 saturated heterocycles. The van der Waals surface area contributed by atoms with E-state index in [1.54, 1.807) is 31.2 Å². The van der Waals surface area contributed by atoms with Gasteiger partial charge in [-0.2, -0.15) is 0 Å². The van der Waals surface area contributed by atoms with Gasteiger partial charge in [0.15, 0.2) is 6.10 Å². The fraction of sp³-hybridized carbons (Fsp3) is 0.226. The van der Waals surface area contributed by atoms with Crippen LogP contribution >= 0.6 is 0 Å². The molecule has 2 atom stereocenters. The minimum atomic E-state index is -0.950. The molecule has 2 bridgehead atoms. The number of allylic oxidation sites excluding steroid dienone is 3. The standard InChI is InChI=1S/C31H25NO5/c1-2-35-30(33)32-22-12-5-3-4-6-15-24(20-23(32)14-11-13-22)37-31(34)36-21-29-27-18-9-7-16-25(27)26-17-8-10-19-28(26)29/h3-4,7-11,14,16-20,22,24,29H,2,13,21H2,1H3/b4-3-,23-20-/t22-,24-/m1/s1. The van der Waals surface area contributed by atoms with E-state index in [0.717, 1.165) is 22.3 Å². The first-order valence-corrected chi connectivity index (χ1v) is 12.2. The lowest BCUT2D eigenvalue weighted by molar-refractivity contribution is 0.0479. The van der Waals surface area contributed by atoms with Gasteiger partial charge in [-0.25, -0.2) is 9.59 Å². The number of ether oxygens (including phenoxy) is 3. The molecule has 0 saturated carbocycles. The van der Waals surface area contributed by atoms with Gasteiger partial charge in [-0.1, -0.05) is 72.4 Å². The summed E-state index contributed by atoms with van der Waals surface area (Å²) >= 11 is 0. The summed E-state index contributed by atoms with van der Waals surface area (Å²) in [4.78, 5) is 27.0. The molecule has 1 aliphatic carbocycles. The van der Waals surface area contributed by atoms with E-state index in [9.17, 15) is 9.59 Å². The number of fused-ring (bicyclic) bond motifs is 5. The van der Waals surface area contributed by atoms with E-state index in [1.807, 2.05) is 30.3 Å². The first-order chi connectivity index (χ1) is 18.2. The molecule has 0 radical (unpaired) electrons. The molecule has 2 aromatic carbocycles. The van der Waals surface area contributed by atoms with Crippen molar-refractivity contribution in [2.24, 2.45) is 0 Å². The largest absolute Gasteiger partial charge is 0.509 e. The Bertz CT molecular complexity index is 1380. The van der Waals surface area contributed by atoms with E-state index >= 15 is 0 Å². The lowest BCUT2D eigenvalue weighted by Crippen LogP contribution is -2.41. The number of rotatable bonds is 4. The van der Waals surface area contributed by atoms with Gasteiger partial charge < -0.3 is 14.2 Å². The van der Waals surface area contributed by atoms with Crippen LogP contribution in [-0.2, 0) is 14.2 Å². The zero-order chi connectivity index (χ0) is 25.6. The molecule has 0 fully saturated rings. The number of hydrogen-bond acceptors (Lipinski definition) is 5. The fourth-order valence-corrected chi connectivity index (χ4v) is 4.71. The average Bonchev–Trinajstić information content (AvgIpc) is 3.22. The minimum absolute atomic E-state index is 0.0848. The van der Waals surface area contributed by atoms with Crippen LogP contribution in [0, 0.1) is 23.7 Å². The lowest BCUT2D eigenvalue weighted by atomic mass is 9.98. The van der Waals surface area contributed by atoms with Crippen molar-refractivity contribution in [1.29, 1.82) is 0 Å². The summed E-state index contributed by atoms with van der Waals surface area (Å²) < 4.78 is 16.4. The summed E-state index contributed by atoms with van der Waals surface area (Å²) in [7, 11) is 0. The number of amides is 1. The third kappa shape index (κ3) is 5.15. The van der Waals surface area contributed by atoms with Gasteiger partial charge in [0.25, 0.3) is 0 Å². The van der Waals surface area contributed by atoms with Crippen LogP contribution in [0.3, 0.4) is 0 Å². The van der Waals surface area contributed by atoms with Crippen molar-refractivity contribution in [3.8, 4) is 34.8 Å². The summed E-state index contributed by atoms with van der Waals surface area (Å²) in [5, 5.41) is 0. The van der Waals surface area contributed by atoms with E-state index in [-0.39, 0.29) is 19.1 Å². The van der Waals surface area contributed by atoms with Crippen LogP contribution in [0.25, 0.3) is 11.1 Å². The first-order valence-electron chi connectivity index (χ1n) is 12.2. The molecule has 2 aliphatic heterocycles. The van der Waals surface area contributed by atoms with Crippen LogP contribution in [0.5, 0.6) is 0 Å². The van der Waals surface area contributed by atoms with Crippen molar-refractivity contribution in [3.05, 3.63) is 95.7 Å². The second-order valence-electron chi connectivity index (χ2n) is 8.55. The van der Waals surface area contributed by atoms with E-state index in [0.29, 0.717) is 12.1 Å². The van der Waals surface area contributed by atoms with Gasteiger partial charge in [-0.05, 0) is 65.8 Å². The molecular weight excluding hydrogens is 466 g/mol. The summed E-state index contributed by atoms with van der Waals surface area (Å²) in [6.45, 7) is 2.10. The molecule has 2 aromatic rings. The van der Waals surface area contributed by atoms with Gasteiger partial charge in [-0.3, -0.25) is 4.90 Å². The molecule has 184 valence electrons. The predicted octanol–water partition coefficient (Wildman–Crippen LogP) is 5.57. The highest BCUT2D eigenvalue weighted by Crippen LogP contribution is 2.44. The highest BCUT2D eigenvalue weighted by Gasteiger charge is 2.31. The Balaban J connectivity index is 1.35. The molecule has 0 unspecified atom stereocenters. The molecule has 1 amide bonds. The number of hydrogen-bond donors (Lipinski definition) is 0. The Morgan fingerprint density at radius 3 is 2.32 bits per heavy atom. The van der Waals surface area contributed by atoms with Crippen molar-refractivity contribution in [2.45, 2.75) is 31.4 Å². The van der Waals surface area contributed by atoms with Crippen LogP contribution in [0.4, 0.5) is 9.59 Å². The Kier molecular flexibility index (Phi) is 7.10. The van der Waals surface area contributed by atoms with Gasteiger partial charge in [-0.15, -0.1) is 0 Å². The van der Waals surface area contributed by atoms with Gasteiger partial charge in [0, 0.05) is 11.6 Å². The summed E-state index contributed by atoms with van der Waals surface area (Å²) in [6.07, 6.45) is 6.72. The Labute approximate surface area is 216 Å². The van der Waals surface area contributed by atoms with Crippen molar-refractivity contribution >= 4 is 12.2 Å². The molecule has 2 heterocycles. The third-order valence-electron chi connectivity index (χ3n) is 6.30. The Morgan fingerprint density at radius 1 is 0.946 bits per heavy atom. The monoisotopic (exact) mass is 491 g/mol. The normalized spacial score (nSPS) is 21.3. The highest BCUT2D eigenvalue weighted by molar-refractivity contribution is 5.79. The van der Waals surface area contributed by atoms with Crippen LogP contribution in [-0.4, -0.2) is 42.5 Å². The van der Waals surface area contributed by atoms with Crippen LogP contribution in [0.15, 0.2) is 84.6 Å². The molecule has 5 rings (SSSR count).